The van der Waals surface area contributed by atoms with E-state index in [0.29, 0.717) is 44.1 Å². The maximum absolute atomic E-state index is 13.7. The highest BCUT2D eigenvalue weighted by atomic mass is 16.7. The molecule has 0 spiro atoms. The van der Waals surface area contributed by atoms with Crippen molar-refractivity contribution < 1.29 is 23.7 Å². The van der Waals surface area contributed by atoms with Crippen molar-refractivity contribution in [2.75, 3.05) is 6.54 Å². The van der Waals surface area contributed by atoms with Crippen LogP contribution in [0.15, 0.2) is 42.0 Å². The number of carbonyl (C=O) groups is 3. The molecular formula is C33H47BN4O5. The molecule has 5 rings (SSSR count). The van der Waals surface area contributed by atoms with E-state index in [1.54, 1.807) is 6.08 Å². The highest BCUT2D eigenvalue weighted by Gasteiger charge is 2.68. The van der Waals surface area contributed by atoms with E-state index in [0.717, 1.165) is 18.4 Å². The van der Waals surface area contributed by atoms with Gasteiger partial charge in [0.25, 0.3) is 5.91 Å². The van der Waals surface area contributed by atoms with Gasteiger partial charge in [0.1, 0.15) is 17.7 Å². The van der Waals surface area contributed by atoms with Crippen LogP contribution in [0.5, 0.6) is 0 Å². The molecule has 3 saturated carbocycles. The van der Waals surface area contributed by atoms with Gasteiger partial charge in [0.2, 0.25) is 11.8 Å². The summed E-state index contributed by atoms with van der Waals surface area (Å²) in [4.78, 5) is 38.0. The molecule has 3 amide bonds. The van der Waals surface area contributed by atoms with Crippen LogP contribution >= 0.6 is 0 Å². The Hall–Kier alpha value is -3.16. The molecule has 232 valence electrons. The third-order valence-corrected chi connectivity index (χ3v) is 9.69. The lowest BCUT2D eigenvalue weighted by atomic mass is 9.43. The minimum absolute atomic E-state index is 0.0114. The maximum Gasteiger partial charge on any atom is 0.482 e. The topological polar surface area (TPSA) is 130 Å². The number of unbranched alkanes of at least 4 members (excludes halogenated alkanes) is 1. The number of hydrogen-bond donors (Lipinski definition) is 3. The molecule has 1 aromatic carbocycles. The molecular weight excluding hydrogens is 543 g/mol. The third kappa shape index (κ3) is 7.50. The van der Waals surface area contributed by atoms with Crippen molar-refractivity contribution in [1.29, 1.82) is 5.26 Å². The summed E-state index contributed by atoms with van der Waals surface area (Å²) in [6.45, 7) is 12.4. The Morgan fingerprint density at radius 1 is 1.12 bits per heavy atom. The summed E-state index contributed by atoms with van der Waals surface area (Å²) in [6, 6.07) is 11.2. The molecule has 1 heterocycles. The molecule has 1 aliphatic heterocycles. The predicted octanol–water partition coefficient (Wildman–Crippen LogP) is 3.88. The van der Waals surface area contributed by atoms with Crippen molar-refractivity contribution in [2.45, 2.75) is 104 Å². The Kier molecular flexibility index (Phi) is 10.4. The quantitative estimate of drug-likeness (QED) is 0.138. The maximum atomic E-state index is 13.7. The molecule has 6 atom stereocenters. The van der Waals surface area contributed by atoms with E-state index in [-0.39, 0.29) is 34.8 Å². The largest absolute Gasteiger partial charge is 0.482 e. The van der Waals surface area contributed by atoms with Gasteiger partial charge in [0.15, 0.2) is 0 Å². The first-order valence-corrected chi connectivity index (χ1v) is 15.7. The van der Waals surface area contributed by atoms with Crippen molar-refractivity contribution in [3.8, 4) is 6.07 Å². The van der Waals surface area contributed by atoms with E-state index >= 15 is 0 Å². The molecule has 1 aromatic rings. The van der Waals surface area contributed by atoms with E-state index in [1.165, 1.54) is 6.92 Å². The van der Waals surface area contributed by atoms with Crippen LogP contribution in [0.1, 0.15) is 79.2 Å². The lowest BCUT2D eigenvalue weighted by Gasteiger charge is -2.64. The summed E-state index contributed by atoms with van der Waals surface area (Å²) in [5.41, 5.74) is 0.957. The van der Waals surface area contributed by atoms with Crippen LogP contribution in [-0.2, 0) is 30.1 Å². The molecule has 3 aliphatic carbocycles. The van der Waals surface area contributed by atoms with E-state index in [4.69, 9.17) is 9.31 Å². The molecule has 4 fully saturated rings. The Bertz CT molecular complexity index is 1250. The van der Waals surface area contributed by atoms with Crippen molar-refractivity contribution in [3.05, 3.63) is 47.5 Å². The van der Waals surface area contributed by atoms with Crippen LogP contribution in [0.4, 0.5) is 0 Å². The van der Waals surface area contributed by atoms with Crippen LogP contribution in [0, 0.1) is 34.5 Å². The minimum Gasteiger partial charge on any atom is -0.404 e. The van der Waals surface area contributed by atoms with Gasteiger partial charge >= 0.3 is 7.12 Å². The second kappa shape index (κ2) is 13.6. The predicted molar refractivity (Wildman–Crippen MR) is 165 cm³/mol. The number of amides is 3. The van der Waals surface area contributed by atoms with Crippen molar-refractivity contribution in [3.63, 3.8) is 0 Å². The van der Waals surface area contributed by atoms with Gasteiger partial charge in [0.05, 0.1) is 17.6 Å². The van der Waals surface area contributed by atoms with Crippen LogP contribution in [0.3, 0.4) is 0 Å². The van der Waals surface area contributed by atoms with E-state index in [9.17, 15) is 19.6 Å². The van der Waals surface area contributed by atoms with Gasteiger partial charge < -0.3 is 25.3 Å². The fraction of sp³-hybridized carbons (Fsp3) is 0.636. The van der Waals surface area contributed by atoms with E-state index in [1.807, 2.05) is 50.2 Å². The fourth-order valence-corrected chi connectivity index (χ4v) is 7.22. The Morgan fingerprint density at radius 2 is 1.84 bits per heavy atom. The number of nitriles is 1. The highest BCUT2D eigenvalue weighted by Crippen LogP contribution is 2.65. The Balaban J connectivity index is 1.39. The molecule has 43 heavy (non-hydrogen) atoms. The lowest BCUT2D eigenvalue weighted by molar-refractivity contribution is -0.199. The monoisotopic (exact) mass is 590 g/mol. The number of allylic oxidation sites excluding steroid dienone is 1. The van der Waals surface area contributed by atoms with Crippen LogP contribution < -0.4 is 16.0 Å². The zero-order valence-electron chi connectivity index (χ0n) is 26.4. The molecule has 3 N–H and O–H groups in total. The third-order valence-electron chi connectivity index (χ3n) is 9.69. The van der Waals surface area contributed by atoms with Gasteiger partial charge in [-0.25, -0.2) is 0 Å². The molecule has 9 nitrogen and oxygen atoms in total. The van der Waals surface area contributed by atoms with Crippen molar-refractivity contribution in [1.82, 2.24) is 16.0 Å². The average molecular weight is 591 g/mol. The number of carbonyl (C=O) groups excluding carboxylic acids is 3. The number of benzene rings is 1. The number of nitrogens with zero attached hydrogens (tertiary/aromatic N) is 1. The molecule has 0 radical (unpaired) electrons. The summed E-state index contributed by atoms with van der Waals surface area (Å²) >= 11 is 0. The van der Waals surface area contributed by atoms with Crippen molar-refractivity contribution >= 4 is 24.8 Å². The van der Waals surface area contributed by atoms with Gasteiger partial charge in [-0.1, -0.05) is 64.1 Å². The SMILES string of the molecule is CC(=O)NC(CCCCNC(=O)C(C#N)=CC(C)C)C(=O)N[C@@H](Cc1ccccc1)B1O[C@@H]2C[C@@H]3C[C@@H](C3(C)C)[C@]2(C)O1. The molecule has 10 heteroatoms. The Labute approximate surface area is 256 Å². The van der Waals surface area contributed by atoms with Crippen molar-refractivity contribution in [2.24, 2.45) is 23.2 Å². The van der Waals surface area contributed by atoms with Crippen LogP contribution in [-0.4, -0.2) is 55.1 Å². The molecule has 1 saturated heterocycles. The zero-order chi connectivity index (χ0) is 31.4. The lowest BCUT2D eigenvalue weighted by Crippen LogP contribution is -2.65. The van der Waals surface area contributed by atoms with E-state index < -0.39 is 30.6 Å². The highest BCUT2D eigenvalue weighted by molar-refractivity contribution is 6.48. The number of hydrogen-bond acceptors (Lipinski definition) is 6. The zero-order valence-corrected chi connectivity index (χ0v) is 26.4. The molecule has 1 unspecified atom stereocenters. The molecule has 2 bridgehead atoms. The normalized spacial score (nSPS) is 26.9. The smallest absolute Gasteiger partial charge is 0.404 e. The second-order valence-corrected chi connectivity index (χ2v) is 13.6. The first kappa shape index (κ1) is 32.8. The molecule has 4 aliphatic rings. The van der Waals surface area contributed by atoms with Gasteiger partial charge in [-0.3, -0.25) is 14.4 Å². The van der Waals surface area contributed by atoms with Crippen LogP contribution in [0.2, 0.25) is 0 Å². The summed E-state index contributed by atoms with van der Waals surface area (Å²) in [6.07, 6.45) is 5.83. The molecule has 0 aromatic heterocycles. The summed E-state index contributed by atoms with van der Waals surface area (Å²) in [7, 11) is -0.601. The first-order valence-electron chi connectivity index (χ1n) is 15.7. The fourth-order valence-electron chi connectivity index (χ4n) is 7.22. The summed E-state index contributed by atoms with van der Waals surface area (Å²) in [5.74, 6) is -0.310. The van der Waals surface area contributed by atoms with Crippen LogP contribution in [0.25, 0.3) is 0 Å². The standard InChI is InChI=1S/C33H47BN4O5/c1-21(2)16-24(20-35)30(40)36-15-11-10-14-26(37-22(3)39)31(41)38-29(17-23-12-8-7-9-13-23)34-42-28-19-25-18-27(32(25,4)5)33(28,6)43-34/h7-9,12-13,16,21,25-29H,10-11,14-15,17-19H2,1-6H3,(H,36,40)(H,37,39)(H,38,41)/t25-,26?,27-,28+,29-,33-/m0/s1. The van der Waals surface area contributed by atoms with Gasteiger partial charge in [-0.2, -0.15) is 5.26 Å². The number of nitrogens with one attached hydrogen (secondary N) is 3. The first-order chi connectivity index (χ1) is 20.3. The van der Waals surface area contributed by atoms with Gasteiger partial charge in [0, 0.05) is 13.5 Å². The number of rotatable bonds is 13. The average Bonchev–Trinajstić information content (AvgIpc) is 3.32. The summed E-state index contributed by atoms with van der Waals surface area (Å²) in [5, 5.41) is 18.0. The van der Waals surface area contributed by atoms with E-state index in [2.05, 4.69) is 36.7 Å². The van der Waals surface area contributed by atoms with Gasteiger partial charge in [-0.15, -0.1) is 0 Å². The minimum atomic E-state index is -0.743. The second-order valence-electron chi connectivity index (χ2n) is 13.6. The van der Waals surface area contributed by atoms with Gasteiger partial charge in [-0.05, 0) is 74.2 Å². The Morgan fingerprint density at radius 3 is 2.47 bits per heavy atom. The summed E-state index contributed by atoms with van der Waals surface area (Å²) < 4.78 is 13.3.